The van der Waals surface area contributed by atoms with Crippen molar-refractivity contribution in [1.82, 2.24) is 0 Å². The molecule has 0 spiro atoms. The Hall–Kier alpha value is -0.630. The normalized spacial score (nSPS) is 41.7. The van der Waals surface area contributed by atoms with Crippen LogP contribution in [0, 0.1) is 29.6 Å². The molecule has 0 aromatic heterocycles. The average molecular weight is 236 g/mol. The maximum Gasteiger partial charge on any atom is 0.133 e. The van der Waals surface area contributed by atoms with Crippen LogP contribution in [-0.4, -0.2) is 17.0 Å². The maximum atomic E-state index is 11.8. The molecule has 17 heavy (non-hydrogen) atoms. The number of Topliss-reactive ketones (excluding diaryl/α,β-unsaturated/α-hetero) is 1. The number of rotatable bonds is 2. The number of fused-ring (bicyclic) bond motifs is 1. The molecule has 0 unspecified atom stereocenters. The zero-order valence-corrected chi connectivity index (χ0v) is 11.1. The van der Waals surface area contributed by atoms with E-state index in [2.05, 4.69) is 20.4 Å². The van der Waals surface area contributed by atoms with Gasteiger partial charge in [-0.25, -0.2) is 0 Å². The van der Waals surface area contributed by atoms with E-state index in [1.165, 1.54) is 0 Å². The highest BCUT2D eigenvalue weighted by atomic mass is 16.3. The molecule has 0 aromatic carbocycles. The minimum atomic E-state index is -0.352. The van der Waals surface area contributed by atoms with Crippen molar-refractivity contribution in [3.63, 3.8) is 0 Å². The Bertz CT molecular complexity index is 332. The SMILES string of the molecule is C=C1[C@H](O)C[C@@H](C(C)C)[C@@H]2[C@@H](C(C)=O)CC[C@@H]12. The van der Waals surface area contributed by atoms with Crippen LogP contribution in [0.4, 0.5) is 0 Å². The lowest BCUT2D eigenvalue weighted by atomic mass is 9.63. The first kappa shape index (κ1) is 12.8. The van der Waals surface area contributed by atoms with Crippen molar-refractivity contribution in [1.29, 1.82) is 0 Å². The number of hydrogen-bond acceptors (Lipinski definition) is 2. The van der Waals surface area contributed by atoms with Gasteiger partial charge in [0, 0.05) is 5.92 Å². The molecule has 2 aliphatic carbocycles. The molecule has 2 rings (SSSR count). The van der Waals surface area contributed by atoms with E-state index >= 15 is 0 Å². The quantitative estimate of drug-likeness (QED) is 0.749. The fourth-order valence-corrected chi connectivity index (χ4v) is 4.06. The molecular weight excluding hydrogens is 212 g/mol. The highest BCUT2D eigenvalue weighted by molar-refractivity contribution is 5.79. The molecule has 0 amide bonds. The molecule has 0 saturated heterocycles. The van der Waals surface area contributed by atoms with E-state index in [0.717, 1.165) is 24.8 Å². The second kappa shape index (κ2) is 4.56. The van der Waals surface area contributed by atoms with E-state index < -0.39 is 0 Å². The molecule has 2 saturated carbocycles. The number of ketones is 1. The largest absolute Gasteiger partial charge is 0.389 e. The topological polar surface area (TPSA) is 37.3 Å². The Kier molecular flexibility index (Phi) is 3.44. The van der Waals surface area contributed by atoms with Crippen LogP contribution in [0.3, 0.4) is 0 Å². The predicted octanol–water partition coefficient (Wildman–Crippen LogP) is 2.81. The highest BCUT2D eigenvalue weighted by Gasteiger charge is 2.49. The summed E-state index contributed by atoms with van der Waals surface area (Å²) < 4.78 is 0. The molecule has 2 fully saturated rings. The summed E-state index contributed by atoms with van der Waals surface area (Å²) >= 11 is 0. The zero-order chi connectivity index (χ0) is 12.7. The van der Waals surface area contributed by atoms with Crippen LogP contribution in [-0.2, 0) is 4.79 Å². The van der Waals surface area contributed by atoms with Crippen molar-refractivity contribution in [3.8, 4) is 0 Å². The Morgan fingerprint density at radius 1 is 1.41 bits per heavy atom. The molecule has 0 aromatic rings. The van der Waals surface area contributed by atoms with E-state index in [9.17, 15) is 9.90 Å². The van der Waals surface area contributed by atoms with Gasteiger partial charge in [-0.3, -0.25) is 4.79 Å². The van der Waals surface area contributed by atoms with Crippen LogP contribution in [0.25, 0.3) is 0 Å². The van der Waals surface area contributed by atoms with Crippen molar-refractivity contribution in [2.24, 2.45) is 29.6 Å². The van der Waals surface area contributed by atoms with Crippen molar-refractivity contribution in [2.45, 2.75) is 46.1 Å². The molecule has 0 aliphatic heterocycles. The Labute approximate surface area is 104 Å². The fourth-order valence-electron chi connectivity index (χ4n) is 4.06. The van der Waals surface area contributed by atoms with Crippen molar-refractivity contribution < 1.29 is 9.90 Å². The third-order valence-electron chi connectivity index (χ3n) is 4.99. The fraction of sp³-hybridized carbons (Fsp3) is 0.800. The summed E-state index contributed by atoms with van der Waals surface area (Å²) in [6.07, 6.45) is 2.46. The predicted molar refractivity (Wildman–Crippen MR) is 68.5 cm³/mol. The van der Waals surface area contributed by atoms with Gasteiger partial charge in [-0.15, -0.1) is 0 Å². The van der Waals surface area contributed by atoms with E-state index in [1.807, 2.05) is 0 Å². The zero-order valence-electron chi connectivity index (χ0n) is 11.1. The van der Waals surface area contributed by atoms with Crippen LogP contribution < -0.4 is 0 Å². The van der Waals surface area contributed by atoms with Crippen LogP contribution in [0.2, 0.25) is 0 Å². The van der Waals surface area contributed by atoms with E-state index in [0.29, 0.717) is 29.5 Å². The van der Waals surface area contributed by atoms with Gasteiger partial charge in [-0.1, -0.05) is 20.4 Å². The molecule has 0 radical (unpaired) electrons. The lowest BCUT2D eigenvalue weighted by Crippen LogP contribution is -2.40. The summed E-state index contributed by atoms with van der Waals surface area (Å²) in [5, 5.41) is 10.1. The van der Waals surface area contributed by atoms with E-state index in [-0.39, 0.29) is 12.0 Å². The minimum Gasteiger partial charge on any atom is -0.389 e. The number of carbonyl (C=O) groups is 1. The molecule has 2 heteroatoms. The standard InChI is InChI=1S/C15H24O2/c1-8(2)13-7-14(17)9(3)11-5-6-12(10(4)16)15(11)13/h8,11-15,17H,3,5-7H2,1-2,4H3/t11-,12+,13-,14+,15-/m0/s1. The van der Waals surface area contributed by atoms with Gasteiger partial charge in [0.25, 0.3) is 0 Å². The minimum absolute atomic E-state index is 0.205. The monoisotopic (exact) mass is 236 g/mol. The first-order valence-electron chi connectivity index (χ1n) is 6.80. The van der Waals surface area contributed by atoms with Crippen LogP contribution in [0.1, 0.15) is 40.0 Å². The second-order valence-electron chi connectivity index (χ2n) is 6.21. The van der Waals surface area contributed by atoms with Gasteiger partial charge in [0.15, 0.2) is 0 Å². The summed E-state index contributed by atoms with van der Waals surface area (Å²) in [5.41, 5.74) is 0.982. The summed E-state index contributed by atoms with van der Waals surface area (Å²) in [4.78, 5) is 11.8. The number of carbonyl (C=O) groups excluding carboxylic acids is 1. The van der Waals surface area contributed by atoms with Gasteiger partial charge in [-0.05, 0) is 55.4 Å². The lowest BCUT2D eigenvalue weighted by molar-refractivity contribution is -0.123. The summed E-state index contributed by atoms with van der Waals surface area (Å²) in [5.74, 6) is 2.34. The second-order valence-corrected chi connectivity index (χ2v) is 6.21. The van der Waals surface area contributed by atoms with Gasteiger partial charge < -0.3 is 5.11 Å². The molecule has 2 nitrogen and oxygen atoms in total. The van der Waals surface area contributed by atoms with Crippen molar-refractivity contribution in [3.05, 3.63) is 12.2 Å². The first-order chi connectivity index (χ1) is 7.93. The first-order valence-corrected chi connectivity index (χ1v) is 6.80. The molecule has 0 heterocycles. The maximum absolute atomic E-state index is 11.8. The van der Waals surface area contributed by atoms with Crippen LogP contribution in [0.5, 0.6) is 0 Å². The van der Waals surface area contributed by atoms with Crippen molar-refractivity contribution in [2.75, 3.05) is 0 Å². The molecule has 2 aliphatic rings. The Morgan fingerprint density at radius 3 is 2.59 bits per heavy atom. The molecule has 96 valence electrons. The number of aliphatic hydroxyl groups excluding tert-OH is 1. The highest BCUT2D eigenvalue weighted by Crippen LogP contribution is 2.52. The third-order valence-corrected chi connectivity index (χ3v) is 4.99. The molecular formula is C15H24O2. The van der Waals surface area contributed by atoms with Gasteiger partial charge in [0.05, 0.1) is 6.10 Å². The third kappa shape index (κ3) is 2.08. The smallest absolute Gasteiger partial charge is 0.133 e. The van der Waals surface area contributed by atoms with Gasteiger partial charge in [-0.2, -0.15) is 0 Å². The average Bonchev–Trinajstić information content (AvgIpc) is 2.67. The van der Waals surface area contributed by atoms with E-state index in [1.54, 1.807) is 6.92 Å². The Balaban J connectivity index is 2.29. The molecule has 5 atom stereocenters. The summed E-state index contributed by atoms with van der Waals surface area (Å²) in [6, 6.07) is 0. The summed E-state index contributed by atoms with van der Waals surface area (Å²) in [6.45, 7) is 10.2. The Morgan fingerprint density at radius 2 is 2.06 bits per heavy atom. The van der Waals surface area contributed by atoms with Gasteiger partial charge >= 0.3 is 0 Å². The van der Waals surface area contributed by atoms with E-state index in [4.69, 9.17) is 0 Å². The van der Waals surface area contributed by atoms with Crippen LogP contribution in [0.15, 0.2) is 12.2 Å². The number of hydrogen-bond donors (Lipinski definition) is 1. The van der Waals surface area contributed by atoms with Gasteiger partial charge in [0.2, 0.25) is 0 Å². The van der Waals surface area contributed by atoms with Crippen molar-refractivity contribution >= 4 is 5.78 Å². The van der Waals surface area contributed by atoms with Crippen LogP contribution >= 0.6 is 0 Å². The molecule has 1 N–H and O–H groups in total. The molecule has 0 bridgehead atoms. The lowest BCUT2D eigenvalue weighted by Gasteiger charge is -2.42. The number of aliphatic hydroxyl groups is 1. The van der Waals surface area contributed by atoms with Gasteiger partial charge in [0.1, 0.15) is 5.78 Å². The summed E-state index contributed by atoms with van der Waals surface area (Å²) in [7, 11) is 0.